The van der Waals surface area contributed by atoms with Crippen molar-refractivity contribution >= 4 is 11.8 Å². The average Bonchev–Trinajstić information content (AvgIpc) is 3.34. The van der Waals surface area contributed by atoms with Gasteiger partial charge in [0.15, 0.2) is 11.5 Å². The van der Waals surface area contributed by atoms with Crippen LogP contribution in [0.3, 0.4) is 0 Å². The van der Waals surface area contributed by atoms with Gasteiger partial charge in [-0.2, -0.15) is 4.68 Å². The zero-order valence-electron chi connectivity index (χ0n) is 14.2. The normalized spacial score (nSPS) is 12.5. The maximum Gasteiger partial charge on any atom is 0.231 e. The predicted molar refractivity (Wildman–Crippen MR) is 98.8 cm³/mol. The summed E-state index contributed by atoms with van der Waals surface area (Å²) in [5.41, 5.74) is 2.16. The standard InChI is InChI=1S/C18H19N5O2S/c1-2-5-15(6-3-1)23-18(20-21-22-23)26-10-4-9-19-12-14-7-8-16-17(11-14)25-13-24-16/h1-3,5-8,11,19H,4,9-10,12-13H2. The third-order valence-electron chi connectivity index (χ3n) is 3.94. The summed E-state index contributed by atoms with van der Waals surface area (Å²) >= 11 is 1.66. The molecule has 7 nitrogen and oxygen atoms in total. The highest BCUT2D eigenvalue weighted by atomic mass is 32.2. The van der Waals surface area contributed by atoms with Gasteiger partial charge < -0.3 is 14.8 Å². The number of fused-ring (bicyclic) bond motifs is 1. The van der Waals surface area contributed by atoms with E-state index < -0.39 is 0 Å². The van der Waals surface area contributed by atoms with E-state index in [1.54, 1.807) is 16.4 Å². The van der Waals surface area contributed by atoms with Gasteiger partial charge in [0.2, 0.25) is 11.9 Å². The Balaban J connectivity index is 1.20. The first-order valence-corrected chi connectivity index (χ1v) is 9.44. The van der Waals surface area contributed by atoms with Crippen molar-refractivity contribution in [2.45, 2.75) is 18.1 Å². The summed E-state index contributed by atoms with van der Waals surface area (Å²) in [4.78, 5) is 0. The molecule has 4 rings (SSSR count). The van der Waals surface area contributed by atoms with E-state index in [0.29, 0.717) is 6.79 Å². The molecule has 1 aliphatic rings. The lowest BCUT2D eigenvalue weighted by Crippen LogP contribution is -2.15. The van der Waals surface area contributed by atoms with Crippen molar-refractivity contribution in [2.75, 3.05) is 19.1 Å². The summed E-state index contributed by atoms with van der Waals surface area (Å²) in [7, 11) is 0. The quantitative estimate of drug-likeness (QED) is 0.483. The van der Waals surface area contributed by atoms with Crippen molar-refractivity contribution in [3.63, 3.8) is 0 Å². The molecule has 1 N–H and O–H groups in total. The fourth-order valence-corrected chi connectivity index (χ4v) is 3.47. The van der Waals surface area contributed by atoms with E-state index in [4.69, 9.17) is 9.47 Å². The van der Waals surface area contributed by atoms with Crippen LogP contribution in [0.5, 0.6) is 11.5 Å². The number of tetrazole rings is 1. The number of aromatic nitrogens is 4. The van der Waals surface area contributed by atoms with Gasteiger partial charge in [-0.15, -0.1) is 5.10 Å². The molecular formula is C18H19N5O2S. The van der Waals surface area contributed by atoms with Gasteiger partial charge in [-0.1, -0.05) is 36.0 Å². The van der Waals surface area contributed by atoms with Gasteiger partial charge in [0.25, 0.3) is 0 Å². The molecule has 0 saturated heterocycles. The number of hydrogen-bond donors (Lipinski definition) is 1. The van der Waals surface area contributed by atoms with E-state index in [2.05, 4.69) is 26.9 Å². The highest BCUT2D eigenvalue weighted by Gasteiger charge is 2.13. The third-order valence-corrected chi connectivity index (χ3v) is 4.94. The first-order chi connectivity index (χ1) is 12.9. The second-order valence-corrected chi connectivity index (χ2v) is 6.84. The van der Waals surface area contributed by atoms with Crippen LogP contribution in [0.1, 0.15) is 12.0 Å². The molecule has 134 valence electrons. The van der Waals surface area contributed by atoms with Crippen molar-refractivity contribution in [1.29, 1.82) is 0 Å². The molecule has 3 aromatic rings. The van der Waals surface area contributed by atoms with Crippen molar-refractivity contribution in [1.82, 2.24) is 25.5 Å². The molecule has 1 aliphatic heterocycles. The molecule has 8 heteroatoms. The minimum atomic E-state index is 0.311. The number of nitrogens with one attached hydrogen (secondary N) is 1. The van der Waals surface area contributed by atoms with Crippen molar-refractivity contribution in [2.24, 2.45) is 0 Å². The molecule has 0 saturated carbocycles. The summed E-state index contributed by atoms with van der Waals surface area (Å²) in [5.74, 6) is 2.59. The fourth-order valence-electron chi connectivity index (χ4n) is 2.64. The van der Waals surface area contributed by atoms with E-state index in [0.717, 1.165) is 47.6 Å². The van der Waals surface area contributed by atoms with E-state index >= 15 is 0 Å². The van der Waals surface area contributed by atoms with Crippen molar-refractivity contribution in [3.05, 3.63) is 54.1 Å². The molecule has 0 amide bonds. The fraction of sp³-hybridized carbons (Fsp3) is 0.278. The molecule has 0 aliphatic carbocycles. The second-order valence-electron chi connectivity index (χ2n) is 5.78. The van der Waals surface area contributed by atoms with E-state index in [-0.39, 0.29) is 0 Å². The third kappa shape index (κ3) is 3.97. The van der Waals surface area contributed by atoms with Crippen LogP contribution < -0.4 is 14.8 Å². The number of rotatable bonds is 8. The van der Waals surface area contributed by atoms with E-state index in [1.165, 1.54) is 5.56 Å². The SMILES string of the molecule is c1ccc(-n2nnnc2SCCCNCc2ccc3c(c2)OCO3)cc1. The zero-order valence-corrected chi connectivity index (χ0v) is 15.0. The highest BCUT2D eigenvalue weighted by molar-refractivity contribution is 7.99. The van der Waals surface area contributed by atoms with Gasteiger partial charge in [0, 0.05) is 12.3 Å². The number of ether oxygens (including phenoxy) is 2. The first kappa shape index (κ1) is 16.9. The first-order valence-electron chi connectivity index (χ1n) is 8.46. The molecule has 0 fully saturated rings. The Labute approximate surface area is 155 Å². The molecule has 0 bridgehead atoms. The number of benzene rings is 2. The molecule has 0 atom stereocenters. The molecule has 1 aromatic heterocycles. The Bertz CT molecular complexity index is 856. The molecule has 0 spiro atoms. The number of para-hydroxylation sites is 1. The van der Waals surface area contributed by atoms with Crippen molar-refractivity contribution in [3.8, 4) is 17.2 Å². The predicted octanol–water partition coefficient (Wildman–Crippen LogP) is 2.66. The minimum absolute atomic E-state index is 0.311. The van der Waals surface area contributed by atoms with Crippen LogP contribution in [0.4, 0.5) is 0 Å². The average molecular weight is 369 g/mol. The monoisotopic (exact) mass is 369 g/mol. The lowest BCUT2D eigenvalue weighted by molar-refractivity contribution is 0.174. The summed E-state index contributed by atoms with van der Waals surface area (Å²) < 4.78 is 12.5. The van der Waals surface area contributed by atoms with Gasteiger partial charge in [0.1, 0.15) is 0 Å². The summed E-state index contributed by atoms with van der Waals surface area (Å²) in [6.07, 6.45) is 1.02. The molecule has 0 unspecified atom stereocenters. The molecular weight excluding hydrogens is 350 g/mol. The largest absolute Gasteiger partial charge is 0.454 e. The van der Waals surface area contributed by atoms with Gasteiger partial charge >= 0.3 is 0 Å². The van der Waals surface area contributed by atoms with Gasteiger partial charge in [-0.05, 0) is 53.2 Å². The molecule has 0 radical (unpaired) electrons. The van der Waals surface area contributed by atoms with E-state index in [1.807, 2.05) is 42.5 Å². The van der Waals surface area contributed by atoms with Gasteiger partial charge in [-0.25, -0.2) is 0 Å². The molecule has 2 heterocycles. The summed E-state index contributed by atoms with van der Waals surface area (Å²) in [5, 5.41) is 16.2. The maximum absolute atomic E-state index is 5.40. The van der Waals surface area contributed by atoms with Crippen molar-refractivity contribution < 1.29 is 9.47 Å². The van der Waals surface area contributed by atoms with Crippen LogP contribution in [0.15, 0.2) is 53.7 Å². The smallest absolute Gasteiger partial charge is 0.231 e. The van der Waals surface area contributed by atoms with Crippen LogP contribution in [0.2, 0.25) is 0 Å². The Kier molecular flexibility index (Phi) is 5.32. The lowest BCUT2D eigenvalue weighted by Gasteiger charge is -2.06. The summed E-state index contributed by atoms with van der Waals surface area (Å²) in [6, 6.07) is 16.0. The van der Waals surface area contributed by atoms with Crippen LogP contribution in [-0.4, -0.2) is 39.3 Å². The van der Waals surface area contributed by atoms with Crippen LogP contribution in [0, 0.1) is 0 Å². The molecule has 26 heavy (non-hydrogen) atoms. The molecule has 2 aromatic carbocycles. The maximum atomic E-state index is 5.40. The van der Waals surface area contributed by atoms with E-state index in [9.17, 15) is 0 Å². The second kappa shape index (κ2) is 8.20. The highest BCUT2D eigenvalue weighted by Crippen LogP contribution is 2.32. The topological polar surface area (TPSA) is 74.1 Å². The Hall–Kier alpha value is -2.58. The number of hydrogen-bond acceptors (Lipinski definition) is 7. The van der Waals surface area contributed by atoms with Gasteiger partial charge in [-0.3, -0.25) is 0 Å². The van der Waals surface area contributed by atoms with Crippen LogP contribution >= 0.6 is 11.8 Å². The lowest BCUT2D eigenvalue weighted by atomic mass is 10.2. The number of thioether (sulfide) groups is 1. The number of nitrogens with zero attached hydrogens (tertiary/aromatic N) is 4. The minimum Gasteiger partial charge on any atom is -0.454 e. The Morgan fingerprint density at radius 3 is 2.88 bits per heavy atom. The van der Waals surface area contributed by atoms with Crippen LogP contribution in [0.25, 0.3) is 5.69 Å². The summed E-state index contributed by atoms with van der Waals surface area (Å²) in [6.45, 7) is 2.04. The zero-order chi connectivity index (χ0) is 17.6. The Morgan fingerprint density at radius 1 is 1.08 bits per heavy atom. The van der Waals surface area contributed by atoms with Gasteiger partial charge in [0.05, 0.1) is 5.69 Å². The van der Waals surface area contributed by atoms with Crippen LogP contribution in [-0.2, 0) is 6.54 Å². The Morgan fingerprint density at radius 2 is 1.96 bits per heavy atom.